The molecule has 0 saturated carbocycles. The summed E-state index contributed by atoms with van der Waals surface area (Å²) >= 11 is 0. The number of aromatic nitrogens is 2. The fraction of sp³-hybridized carbons (Fsp3) is 0.636. The van der Waals surface area contributed by atoms with Gasteiger partial charge in [0.2, 0.25) is 0 Å². The number of nitrogens with zero attached hydrogens (tertiary/aromatic N) is 2. The average Bonchev–Trinajstić information content (AvgIpc) is 2.80. The smallest absolute Gasteiger partial charge is 0.333 e. The molecule has 1 saturated heterocycles. The van der Waals surface area contributed by atoms with Crippen LogP contribution in [-0.2, 0) is 16.1 Å². The normalized spacial score (nSPS) is 24.9. The van der Waals surface area contributed by atoms with Gasteiger partial charge in [-0.25, -0.2) is 9.78 Å². The second-order valence-electron chi connectivity index (χ2n) is 4.25. The highest BCUT2D eigenvalue weighted by Crippen LogP contribution is 2.23. The molecule has 0 aliphatic carbocycles. The first-order valence-electron chi connectivity index (χ1n) is 5.42. The van der Waals surface area contributed by atoms with Gasteiger partial charge in [0.25, 0.3) is 0 Å². The molecular weight excluding hydrogens is 208 g/mol. The van der Waals surface area contributed by atoms with Crippen molar-refractivity contribution in [3.8, 4) is 0 Å². The summed E-state index contributed by atoms with van der Waals surface area (Å²) < 4.78 is 7.22. The van der Waals surface area contributed by atoms with E-state index in [1.807, 2.05) is 18.4 Å². The quantitative estimate of drug-likeness (QED) is 0.831. The van der Waals surface area contributed by atoms with Crippen LogP contribution in [0.5, 0.6) is 0 Å². The lowest BCUT2D eigenvalue weighted by Crippen LogP contribution is -2.29. The number of hydrogen-bond acceptors (Lipinski definition) is 3. The Balaban J connectivity index is 2.09. The molecule has 0 radical (unpaired) electrons. The number of carbonyl (C=O) groups is 1. The Morgan fingerprint density at radius 2 is 2.44 bits per heavy atom. The molecule has 1 aliphatic heterocycles. The van der Waals surface area contributed by atoms with Gasteiger partial charge in [-0.05, 0) is 20.3 Å². The molecule has 1 aromatic heterocycles. The van der Waals surface area contributed by atoms with Crippen LogP contribution in [0.25, 0.3) is 0 Å². The Morgan fingerprint density at radius 1 is 1.69 bits per heavy atom. The van der Waals surface area contributed by atoms with Crippen molar-refractivity contribution in [1.29, 1.82) is 0 Å². The lowest BCUT2D eigenvalue weighted by atomic mass is 10.0. The maximum absolute atomic E-state index is 10.9. The SMILES string of the molecule is Cc1ncn(C[C@@H]2CCO[C@@H]2C(=O)O)c1C. The molecule has 1 aromatic rings. The van der Waals surface area contributed by atoms with Crippen LogP contribution in [0, 0.1) is 19.8 Å². The van der Waals surface area contributed by atoms with E-state index in [2.05, 4.69) is 4.98 Å². The number of hydrogen-bond donors (Lipinski definition) is 1. The van der Waals surface area contributed by atoms with Crippen LogP contribution in [0.4, 0.5) is 0 Å². The molecule has 1 aliphatic rings. The summed E-state index contributed by atoms with van der Waals surface area (Å²) in [7, 11) is 0. The van der Waals surface area contributed by atoms with Crippen LogP contribution in [0.15, 0.2) is 6.33 Å². The van der Waals surface area contributed by atoms with Gasteiger partial charge >= 0.3 is 5.97 Å². The molecule has 0 unspecified atom stereocenters. The number of aryl methyl sites for hydroxylation is 1. The topological polar surface area (TPSA) is 64.4 Å². The molecular formula is C11H16N2O3. The van der Waals surface area contributed by atoms with E-state index in [0.717, 1.165) is 17.8 Å². The molecule has 0 aromatic carbocycles. The lowest BCUT2D eigenvalue weighted by molar-refractivity contribution is -0.149. The van der Waals surface area contributed by atoms with E-state index in [0.29, 0.717) is 13.2 Å². The van der Waals surface area contributed by atoms with Crippen molar-refractivity contribution < 1.29 is 14.6 Å². The summed E-state index contributed by atoms with van der Waals surface area (Å²) in [5.74, 6) is -0.818. The molecule has 2 rings (SSSR count). The fourth-order valence-corrected chi connectivity index (χ4v) is 2.07. The van der Waals surface area contributed by atoms with Crippen molar-refractivity contribution in [3.63, 3.8) is 0 Å². The summed E-state index contributed by atoms with van der Waals surface area (Å²) in [5.41, 5.74) is 2.09. The van der Waals surface area contributed by atoms with Crippen molar-refractivity contribution in [2.75, 3.05) is 6.61 Å². The Morgan fingerprint density at radius 3 is 3.00 bits per heavy atom. The number of imidazole rings is 1. The minimum absolute atomic E-state index is 0.0461. The van der Waals surface area contributed by atoms with E-state index >= 15 is 0 Å². The first-order chi connectivity index (χ1) is 7.59. The van der Waals surface area contributed by atoms with Crippen molar-refractivity contribution in [3.05, 3.63) is 17.7 Å². The Labute approximate surface area is 94.1 Å². The predicted octanol–water partition coefficient (Wildman–Crippen LogP) is 0.990. The molecule has 0 bridgehead atoms. The third-order valence-corrected chi connectivity index (χ3v) is 3.23. The van der Waals surface area contributed by atoms with Crippen LogP contribution >= 0.6 is 0 Å². The summed E-state index contributed by atoms with van der Waals surface area (Å²) in [6, 6.07) is 0. The average molecular weight is 224 g/mol. The highest BCUT2D eigenvalue weighted by Gasteiger charge is 2.34. The van der Waals surface area contributed by atoms with Crippen molar-refractivity contribution >= 4 is 5.97 Å². The molecule has 2 heterocycles. The Bertz CT molecular complexity index is 400. The first-order valence-corrected chi connectivity index (χ1v) is 5.42. The number of rotatable bonds is 3. The van der Waals surface area contributed by atoms with Gasteiger partial charge in [0, 0.05) is 24.8 Å². The van der Waals surface area contributed by atoms with Gasteiger partial charge in [0.1, 0.15) is 0 Å². The standard InChI is InChI=1S/C11H16N2O3/c1-7-8(2)13(6-12-7)5-9-3-4-16-10(9)11(14)15/h6,9-10H,3-5H2,1-2H3,(H,14,15)/t9-,10-/m0/s1. The van der Waals surface area contributed by atoms with Crippen LogP contribution in [0.3, 0.4) is 0 Å². The second kappa shape index (κ2) is 4.25. The number of carboxylic acids is 1. The highest BCUT2D eigenvalue weighted by atomic mass is 16.5. The van der Waals surface area contributed by atoms with Crippen molar-refractivity contribution in [2.45, 2.75) is 32.9 Å². The Kier molecular flexibility index (Phi) is 2.96. The van der Waals surface area contributed by atoms with Gasteiger partial charge in [-0.2, -0.15) is 0 Å². The lowest BCUT2D eigenvalue weighted by Gasteiger charge is -2.15. The van der Waals surface area contributed by atoms with E-state index in [1.165, 1.54) is 0 Å². The van der Waals surface area contributed by atoms with E-state index in [4.69, 9.17) is 9.84 Å². The molecule has 0 amide bonds. The first kappa shape index (κ1) is 11.1. The maximum atomic E-state index is 10.9. The van der Waals surface area contributed by atoms with E-state index in [9.17, 15) is 4.79 Å². The number of ether oxygens (including phenoxy) is 1. The zero-order valence-electron chi connectivity index (χ0n) is 9.51. The van der Waals surface area contributed by atoms with Crippen LogP contribution < -0.4 is 0 Å². The molecule has 5 heteroatoms. The van der Waals surface area contributed by atoms with Crippen LogP contribution in [-0.4, -0.2) is 33.3 Å². The van der Waals surface area contributed by atoms with Crippen molar-refractivity contribution in [2.24, 2.45) is 5.92 Å². The zero-order chi connectivity index (χ0) is 11.7. The van der Waals surface area contributed by atoms with E-state index < -0.39 is 12.1 Å². The summed E-state index contributed by atoms with van der Waals surface area (Å²) in [6.07, 6.45) is 1.90. The van der Waals surface area contributed by atoms with E-state index in [-0.39, 0.29) is 5.92 Å². The molecule has 0 spiro atoms. The maximum Gasteiger partial charge on any atom is 0.333 e. The number of aliphatic carboxylic acids is 1. The second-order valence-corrected chi connectivity index (χ2v) is 4.25. The monoisotopic (exact) mass is 224 g/mol. The van der Waals surface area contributed by atoms with Gasteiger partial charge in [-0.15, -0.1) is 0 Å². The molecule has 1 N–H and O–H groups in total. The molecule has 16 heavy (non-hydrogen) atoms. The highest BCUT2D eigenvalue weighted by molar-refractivity contribution is 5.73. The van der Waals surface area contributed by atoms with Gasteiger partial charge in [-0.1, -0.05) is 0 Å². The van der Waals surface area contributed by atoms with Crippen LogP contribution in [0.2, 0.25) is 0 Å². The van der Waals surface area contributed by atoms with Gasteiger partial charge in [-0.3, -0.25) is 0 Å². The largest absolute Gasteiger partial charge is 0.479 e. The molecule has 88 valence electrons. The molecule has 1 fully saturated rings. The van der Waals surface area contributed by atoms with E-state index in [1.54, 1.807) is 6.33 Å². The third kappa shape index (κ3) is 1.95. The Hall–Kier alpha value is -1.36. The predicted molar refractivity (Wildman–Crippen MR) is 57.2 cm³/mol. The zero-order valence-corrected chi connectivity index (χ0v) is 9.51. The summed E-state index contributed by atoms with van der Waals surface area (Å²) in [4.78, 5) is 15.1. The van der Waals surface area contributed by atoms with Crippen LogP contribution in [0.1, 0.15) is 17.8 Å². The van der Waals surface area contributed by atoms with Crippen molar-refractivity contribution in [1.82, 2.24) is 9.55 Å². The summed E-state index contributed by atoms with van der Waals surface area (Å²) in [6.45, 7) is 5.15. The fourth-order valence-electron chi connectivity index (χ4n) is 2.07. The minimum atomic E-state index is -0.864. The third-order valence-electron chi connectivity index (χ3n) is 3.23. The molecule has 2 atom stereocenters. The molecule has 5 nitrogen and oxygen atoms in total. The summed E-state index contributed by atoms with van der Waals surface area (Å²) in [5, 5.41) is 8.99. The van der Waals surface area contributed by atoms with Gasteiger partial charge < -0.3 is 14.4 Å². The minimum Gasteiger partial charge on any atom is -0.479 e. The van der Waals surface area contributed by atoms with Gasteiger partial charge in [0.05, 0.1) is 12.0 Å². The van der Waals surface area contributed by atoms with Gasteiger partial charge in [0.15, 0.2) is 6.10 Å². The number of carboxylic acid groups (broad SMARTS) is 1.